The standard InChI is InChI=1S/C47H38N2O/c1-47(2,3)41-21-13-23-44-45(41)48-46(50-44)32-26-24-31(25-27-32)35-16-7-9-18-37(35)38-19-10-8-17-36(38)33-28-29-43-40(30-33)39-20-11-12-22-42(39)49(43)34-14-5-4-6-15-34/h4-11,13-21,23-30H,12,22H2,1-3H3. The van der Waals surface area contributed by atoms with E-state index in [9.17, 15) is 0 Å². The summed E-state index contributed by atoms with van der Waals surface area (Å²) in [4.78, 5) is 4.96. The first kappa shape index (κ1) is 30.2. The van der Waals surface area contributed by atoms with Crippen molar-refractivity contribution in [2.45, 2.75) is 39.0 Å². The van der Waals surface area contributed by atoms with Gasteiger partial charge in [-0.25, -0.2) is 4.98 Å². The maximum atomic E-state index is 6.27. The lowest BCUT2D eigenvalue weighted by Gasteiger charge is -2.18. The minimum Gasteiger partial charge on any atom is -0.436 e. The molecule has 50 heavy (non-hydrogen) atoms. The highest BCUT2D eigenvalue weighted by Gasteiger charge is 2.22. The molecule has 3 heteroatoms. The Morgan fingerprint density at radius 2 is 1.26 bits per heavy atom. The molecule has 1 aliphatic carbocycles. The van der Waals surface area contributed by atoms with Gasteiger partial charge >= 0.3 is 0 Å². The predicted molar refractivity (Wildman–Crippen MR) is 209 cm³/mol. The van der Waals surface area contributed by atoms with Gasteiger partial charge in [-0.15, -0.1) is 0 Å². The number of rotatable bonds is 5. The Morgan fingerprint density at radius 3 is 1.98 bits per heavy atom. The number of aromatic nitrogens is 2. The molecule has 0 radical (unpaired) electrons. The Labute approximate surface area is 293 Å². The van der Waals surface area contributed by atoms with Gasteiger partial charge in [-0.05, 0) is 99.7 Å². The summed E-state index contributed by atoms with van der Waals surface area (Å²) in [6.07, 6.45) is 6.74. The number of benzene rings is 6. The Bertz CT molecular complexity index is 2560. The highest BCUT2D eigenvalue weighted by Crippen LogP contribution is 2.42. The van der Waals surface area contributed by atoms with E-state index in [0.29, 0.717) is 5.89 Å². The SMILES string of the molecule is CC(C)(C)c1cccc2oc(-c3ccc(-c4ccccc4-c4ccccc4-c4ccc5c(c4)c4c(n5-c5ccccc5)CCC=C4)cc3)nc12. The van der Waals surface area contributed by atoms with Gasteiger partial charge in [0.15, 0.2) is 5.58 Å². The lowest BCUT2D eigenvalue weighted by atomic mass is 9.86. The molecule has 6 aromatic carbocycles. The van der Waals surface area contributed by atoms with E-state index in [1.165, 1.54) is 61.2 Å². The van der Waals surface area contributed by atoms with Crippen LogP contribution in [0.5, 0.6) is 0 Å². The second kappa shape index (κ2) is 11.9. The van der Waals surface area contributed by atoms with E-state index in [1.54, 1.807) is 0 Å². The molecular weight excluding hydrogens is 609 g/mol. The zero-order valence-corrected chi connectivity index (χ0v) is 28.7. The molecule has 0 amide bonds. The van der Waals surface area contributed by atoms with Crippen LogP contribution in [-0.4, -0.2) is 9.55 Å². The molecule has 3 nitrogen and oxygen atoms in total. The van der Waals surface area contributed by atoms with Gasteiger partial charge in [0.1, 0.15) is 5.52 Å². The second-order valence-corrected chi connectivity index (χ2v) is 14.3. The van der Waals surface area contributed by atoms with Crippen molar-refractivity contribution in [3.63, 3.8) is 0 Å². The second-order valence-electron chi connectivity index (χ2n) is 14.3. The van der Waals surface area contributed by atoms with Crippen molar-refractivity contribution in [3.8, 4) is 50.5 Å². The lowest BCUT2D eigenvalue weighted by Crippen LogP contribution is -2.11. The highest BCUT2D eigenvalue weighted by atomic mass is 16.3. The van der Waals surface area contributed by atoms with E-state index < -0.39 is 0 Å². The van der Waals surface area contributed by atoms with Crippen molar-refractivity contribution in [3.05, 3.63) is 162 Å². The van der Waals surface area contributed by atoms with Crippen LogP contribution in [-0.2, 0) is 11.8 Å². The fourth-order valence-electron chi connectivity index (χ4n) is 7.67. The summed E-state index contributed by atoms with van der Waals surface area (Å²) < 4.78 is 8.72. The van der Waals surface area contributed by atoms with Gasteiger partial charge in [-0.2, -0.15) is 0 Å². The molecule has 9 rings (SSSR count). The van der Waals surface area contributed by atoms with Gasteiger partial charge in [-0.3, -0.25) is 0 Å². The van der Waals surface area contributed by atoms with Gasteiger partial charge in [0.25, 0.3) is 0 Å². The maximum absolute atomic E-state index is 6.27. The molecule has 0 saturated carbocycles. The van der Waals surface area contributed by atoms with Crippen molar-refractivity contribution < 1.29 is 4.42 Å². The largest absolute Gasteiger partial charge is 0.436 e. The van der Waals surface area contributed by atoms with Crippen molar-refractivity contribution in [1.82, 2.24) is 9.55 Å². The average molecular weight is 647 g/mol. The molecule has 0 saturated heterocycles. The van der Waals surface area contributed by atoms with Gasteiger partial charge < -0.3 is 8.98 Å². The zero-order valence-electron chi connectivity index (χ0n) is 28.7. The molecule has 8 aromatic rings. The molecule has 242 valence electrons. The lowest BCUT2D eigenvalue weighted by molar-refractivity contribution is 0.593. The topological polar surface area (TPSA) is 31.0 Å². The third-order valence-corrected chi connectivity index (χ3v) is 10.1. The van der Waals surface area contributed by atoms with Crippen LogP contribution < -0.4 is 0 Å². The molecule has 2 heterocycles. The van der Waals surface area contributed by atoms with Gasteiger partial charge in [-0.1, -0.05) is 130 Å². The summed E-state index contributed by atoms with van der Waals surface area (Å²) >= 11 is 0. The van der Waals surface area contributed by atoms with Crippen LogP contribution in [0.2, 0.25) is 0 Å². The van der Waals surface area contributed by atoms with Crippen molar-refractivity contribution >= 4 is 28.1 Å². The van der Waals surface area contributed by atoms with Crippen molar-refractivity contribution in [2.75, 3.05) is 0 Å². The van der Waals surface area contributed by atoms with E-state index in [2.05, 4.69) is 171 Å². The third kappa shape index (κ3) is 5.09. The number of hydrogen-bond donors (Lipinski definition) is 0. The molecule has 0 atom stereocenters. The molecule has 0 fully saturated rings. The number of hydrogen-bond acceptors (Lipinski definition) is 2. The fraction of sp³-hybridized carbons (Fsp3) is 0.128. The summed E-state index contributed by atoms with van der Waals surface area (Å²) in [5, 5.41) is 1.30. The molecule has 1 aliphatic rings. The number of nitrogens with zero attached hydrogens (tertiary/aromatic N) is 2. The molecule has 0 N–H and O–H groups in total. The van der Waals surface area contributed by atoms with E-state index in [4.69, 9.17) is 9.40 Å². The van der Waals surface area contributed by atoms with Crippen LogP contribution in [0.4, 0.5) is 0 Å². The van der Waals surface area contributed by atoms with Gasteiger partial charge in [0.05, 0.1) is 5.52 Å². The zero-order chi connectivity index (χ0) is 33.8. The smallest absolute Gasteiger partial charge is 0.227 e. The fourth-order valence-corrected chi connectivity index (χ4v) is 7.67. The summed E-state index contributed by atoms with van der Waals surface area (Å²) in [6, 6.07) is 50.1. The average Bonchev–Trinajstić information content (AvgIpc) is 3.74. The first-order chi connectivity index (χ1) is 24.4. The first-order valence-electron chi connectivity index (χ1n) is 17.5. The maximum Gasteiger partial charge on any atom is 0.227 e. The van der Waals surface area contributed by atoms with Crippen LogP contribution >= 0.6 is 0 Å². The Balaban J connectivity index is 1.12. The Kier molecular flexibility index (Phi) is 7.17. The van der Waals surface area contributed by atoms with Crippen LogP contribution in [0.1, 0.15) is 44.0 Å². The van der Waals surface area contributed by atoms with Crippen LogP contribution in [0, 0.1) is 0 Å². The molecule has 0 bridgehead atoms. The van der Waals surface area contributed by atoms with Gasteiger partial charge in [0, 0.05) is 27.9 Å². The summed E-state index contributed by atoms with van der Waals surface area (Å²) in [5.41, 5.74) is 16.3. The number of allylic oxidation sites excluding steroid dienone is 1. The molecule has 0 spiro atoms. The third-order valence-electron chi connectivity index (χ3n) is 10.1. The normalized spacial score (nSPS) is 12.9. The molecule has 0 unspecified atom stereocenters. The number of para-hydroxylation sites is 2. The van der Waals surface area contributed by atoms with Crippen molar-refractivity contribution in [1.29, 1.82) is 0 Å². The monoisotopic (exact) mass is 646 g/mol. The molecule has 2 aromatic heterocycles. The van der Waals surface area contributed by atoms with Gasteiger partial charge in [0.2, 0.25) is 5.89 Å². The molecular formula is C47H38N2O. The Morgan fingerprint density at radius 1 is 0.620 bits per heavy atom. The summed E-state index contributed by atoms with van der Waals surface area (Å²) in [5.74, 6) is 0.649. The van der Waals surface area contributed by atoms with E-state index in [0.717, 1.165) is 35.1 Å². The van der Waals surface area contributed by atoms with E-state index >= 15 is 0 Å². The van der Waals surface area contributed by atoms with Crippen LogP contribution in [0.15, 0.2) is 150 Å². The summed E-state index contributed by atoms with van der Waals surface area (Å²) in [6.45, 7) is 6.64. The molecule has 0 aliphatic heterocycles. The first-order valence-corrected chi connectivity index (χ1v) is 17.5. The predicted octanol–water partition coefficient (Wildman–Crippen LogP) is 12.7. The minimum atomic E-state index is -0.0209. The Hall–Kier alpha value is -5.93. The van der Waals surface area contributed by atoms with E-state index in [1.807, 2.05) is 6.07 Å². The van der Waals surface area contributed by atoms with Crippen LogP contribution in [0.25, 0.3) is 78.6 Å². The summed E-state index contributed by atoms with van der Waals surface area (Å²) in [7, 11) is 0. The van der Waals surface area contributed by atoms with E-state index in [-0.39, 0.29) is 5.41 Å². The highest BCUT2D eigenvalue weighted by molar-refractivity contribution is 5.99. The number of oxazole rings is 1. The van der Waals surface area contributed by atoms with Crippen molar-refractivity contribution in [2.24, 2.45) is 0 Å². The quantitative estimate of drug-likeness (QED) is 0.186. The van der Waals surface area contributed by atoms with Crippen LogP contribution in [0.3, 0.4) is 0 Å². The minimum absolute atomic E-state index is 0.0209. The number of fused-ring (bicyclic) bond motifs is 4.